The minimum atomic E-state index is -0.210. The minimum absolute atomic E-state index is 0.0182. The van der Waals surface area contributed by atoms with Gasteiger partial charge in [-0.05, 0) is 58.2 Å². The molecule has 0 atom stereocenters. The second kappa shape index (κ2) is 7.79. The van der Waals surface area contributed by atoms with Gasteiger partial charge in [-0.15, -0.1) is 10.2 Å². The molecule has 1 aliphatic carbocycles. The van der Waals surface area contributed by atoms with Gasteiger partial charge in [0.15, 0.2) is 6.61 Å². The molecule has 0 saturated carbocycles. The summed E-state index contributed by atoms with van der Waals surface area (Å²) in [5.74, 6) is 0.936. The molecule has 5 rings (SSSR count). The van der Waals surface area contributed by atoms with Gasteiger partial charge in [-0.1, -0.05) is 48.5 Å². The number of amides is 1. The van der Waals surface area contributed by atoms with E-state index in [0.29, 0.717) is 5.82 Å². The molecule has 0 radical (unpaired) electrons. The number of anilines is 1. The number of hydrogen-bond donors (Lipinski definition) is 1. The van der Waals surface area contributed by atoms with Gasteiger partial charge in [-0.25, -0.2) is 0 Å². The molecule has 0 aliphatic heterocycles. The quantitative estimate of drug-likeness (QED) is 0.474. The van der Waals surface area contributed by atoms with Crippen molar-refractivity contribution in [1.29, 1.82) is 0 Å². The van der Waals surface area contributed by atoms with Crippen LogP contribution >= 0.6 is 0 Å². The summed E-state index contributed by atoms with van der Waals surface area (Å²) < 4.78 is 5.60. The molecule has 0 spiro atoms. The first-order chi connectivity index (χ1) is 14.7. The van der Waals surface area contributed by atoms with Gasteiger partial charge in [-0.3, -0.25) is 4.79 Å². The van der Waals surface area contributed by atoms with Crippen LogP contribution in [0.15, 0.2) is 72.8 Å². The van der Waals surface area contributed by atoms with Crippen molar-refractivity contribution in [2.24, 2.45) is 0 Å². The van der Waals surface area contributed by atoms with Crippen LogP contribution in [-0.2, 0) is 24.4 Å². The summed E-state index contributed by atoms with van der Waals surface area (Å²) in [4.78, 5) is 13.7. The summed E-state index contributed by atoms with van der Waals surface area (Å²) >= 11 is 0. The van der Waals surface area contributed by atoms with Crippen molar-refractivity contribution in [3.05, 3.63) is 89.7 Å². The second-order valence-electron chi connectivity index (χ2n) is 7.09. The number of para-hydroxylation sites is 1. The number of hydrogen-bond acceptors (Lipinski definition) is 5. The molecule has 148 valence electrons. The fourth-order valence-electron chi connectivity index (χ4n) is 3.62. The SMILES string of the molecule is O=C(Cn1nnc(COc2ccccc2)n1)Nc1ccc2c(c1)Cc1ccccc1-2. The first-order valence-electron chi connectivity index (χ1n) is 9.70. The average molecular weight is 397 g/mol. The van der Waals surface area contributed by atoms with E-state index in [1.165, 1.54) is 27.1 Å². The minimum Gasteiger partial charge on any atom is -0.485 e. The van der Waals surface area contributed by atoms with Crippen molar-refractivity contribution >= 4 is 11.6 Å². The van der Waals surface area contributed by atoms with Gasteiger partial charge in [0.25, 0.3) is 0 Å². The van der Waals surface area contributed by atoms with Crippen LogP contribution in [0.25, 0.3) is 11.1 Å². The van der Waals surface area contributed by atoms with Gasteiger partial charge in [0.05, 0.1) is 0 Å². The van der Waals surface area contributed by atoms with E-state index >= 15 is 0 Å². The highest BCUT2D eigenvalue weighted by Crippen LogP contribution is 2.37. The van der Waals surface area contributed by atoms with Crippen molar-refractivity contribution in [3.63, 3.8) is 0 Å². The Hall–Kier alpha value is -4.00. The zero-order valence-electron chi connectivity index (χ0n) is 16.2. The molecule has 3 aromatic carbocycles. The molecule has 0 saturated heterocycles. The molecule has 1 amide bonds. The number of carbonyl (C=O) groups excluding carboxylic acids is 1. The molecule has 7 heteroatoms. The summed E-state index contributed by atoms with van der Waals surface area (Å²) in [6.07, 6.45) is 0.880. The Morgan fingerprint density at radius 3 is 2.67 bits per heavy atom. The highest BCUT2D eigenvalue weighted by atomic mass is 16.5. The molecular formula is C23H19N5O2. The van der Waals surface area contributed by atoms with E-state index in [1.54, 1.807) is 0 Å². The topological polar surface area (TPSA) is 81.9 Å². The van der Waals surface area contributed by atoms with Crippen LogP contribution in [0, 0.1) is 0 Å². The van der Waals surface area contributed by atoms with Gasteiger partial charge in [0.1, 0.15) is 12.3 Å². The van der Waals surface area contributed by atoms with Crippen molar-refractivity contribution in [1.82, 2.24) is 20.2 Å². The lowest BCUT2D eigenvalue weighted by Gasteiger charge is -2.07. The number of nitrogens with zero attached hydrogens (tertiary/aromatic N) is 4. The lowest BCUT2D eigenvalue weighted by Crippen LogP contribution is -2.20. The maximum Gasteiger partial charge on any atom is 0.248 e. The van der Waals surface area contributed by atoms with Crippen molar-refractivity contribution in [2.45, 2.75) is 19.6 Å². The number of ether oxygens (including phenoxy) is 1. The molecule has 1 heterocycles. The standard InChI is InChI=1S/C23H19N5O2/c29-23(14-28-26-22(25-27-28)15-30-19-7-2-1-3-8-19)24-18-10-11-21-17(13-18)12-16-6-4-5-9-20(16)21/h1-11,13H,12,14-15H2,(H,24,29). The van der Waals surface area contributed by atoms with Crippen LogP contribution in [0.1, 0.15) is 17.0 Å². The normalized spacial score (nSPS) is 11.6. The van der Waals surface area contributed by atoms with E-state index in [1.807, 2.05) is 48.5 Å². The third-order valence-corrected chi connectivity index (χ3v) is 4.97. The predicted octanol–water partition coefficient (Wildman–Crippen LogP) is 3.46. The van der Waals surface area contributed by atoms with Gasteiger partial charge in [0, 0.05) is 5.69 Å². The van der Waals surface area contributed by atoms with Crippen LogP contribution < -0.4 is 10.1 Å². The van der Waals surface area contributed by atoms with Crippen LogP contribution in [0.4, 0.5) is 5.69 Å². The maximum atomic E-state index is 12.4. The van der Waals surface area contributed by atoms with Crippen molar-refractivity contribution < 1.29 is 9.53 Å². The Balaban J connectivity index is 1.19. The van der Waals surface area contributed by atoms with E-state index in [-0.39, 0.29) is 19.1 Å². The van der Waals surface area contributed by atoms with Crippen LogP contribution in [0.2, 0.25) is 0 Å². The Labute approximate surface area is 173 Å². The monoisotopic (exact) mass is 397 g/mol. The average Bonchev–Trinajstić information content (AvgIpc) is 3.36. The van der Waals surface area contributed by atoms with Gasteiger partial charge < -0.3 is 10.1 Å². The first kappa shape index (κ1) is 18.1. The molecule has 1 N–H and O–H groups in total. The van der Waals surface area contributed by atoms with Crippen LogP contribution in [0.3, 0.4) is 0 Å². The number of carbonyl (C=O) groups is 1. The fourth-order valence-corrected chi connectivity index (χ4v) is 3.62. The maximum absolute atomic E-state index is 12.4. The lowest BCUT2D eigenvalue weighted by atomic mass is 10.1. The van der Waals surface area contributed by atoms with Gasteiger partial charge in [0.2, 0.25) is 11.7 Å². The highest BCUT2D eigenvalue weighted by molar-refractivity contribution is 5.91. The molecular weight excluding hydrogens is 378 g/mol. The highest BCUT2D eigenvalue weighted by Gasteiger charge is 2.18. The van der Waals surface area contributed by atoms with E-state index in [2.05, 4.69) is 45.0 Å². The molecule has 0 fully saturated rings. The molecule has 7 nitrogen and oxygen atoms in total. The molecule has 4 aromatic rings. The summed E-state index contributed by atoms with van der Waals surface area (Å²) in [6, 6.07) is 23.8. The van der Waals surface area contributed by atoms with E-state index in [9.17, 15) is 4.79 Å². The van der Waals surface area contributed by atoms with Crippen molar-refractivity contribution in [2.75, 3.05) is 5.32 Å². The number of nitrogens with one attached hydrogen (secondary N) is 1. The summed E-state index contributed by atoms with van der Waals surface area (Å²) in [7, 11) is 0. The Bertz CT molecular complexity index is 1200. The van der Waals surface area contributed by atoms with Crippen molar-refractivity contribution in [3.8, 4) is 16.9 Å². The molecule has 0 bridgehead atoms. The molecule has 30 heavy (non-hydrogen) atoms. The number of fused-ring (bicyclic) bond motifs is 3. The number of aromatic nitrogens is 4. The zero-order valence-corrected chi connectivity index (χ0v) is 16.2. The number of benzene rings is 3. The molecule has 1 aromatic heterocycles. The first-order valence-corrected chi connectivity index (χ1v) is 9.70. The Kier molecular flexibility index (Phi) is 4.69. The van der Waals surface area contributed by atoms with Gasteiger partial charge >= 0.3 is 0 Å². The number of tetrazole rings is 1. The third-order valence-electron chi connectivity index (χ3n) is 4.97. The smallest absolute Gasteiger partial charge is 0.248 e. The van der Waals surface area contributed by atoms with E-state index in [0.717, 1.165) is 17.9 Å². The summed E-state index contributed by atoms with van der Waals surface area (Å²) in [5, 5.41) is 15.0. The second-order valence-corrected chi connectivity index (χ2v) is 7.09. The molecule has 0 unspecified atom stereocenters. The largest absolute Gasteiger partial charge is 0.485 e. The fraction of sp³-hybridized carbons (Fsp3) is 0.130. The summed E-state index contributed by atoms with van der Waals surface area (Å²) in [5.41, 5.74) is 5.78. The van der Waals surface area contributed by atoms with E-state index < -0.39 is 0 Å². The molecule has 1 aliphatic rings. The zero-order chi connectivity index (χ0) is 20.3. The predicted molar refractivity (Wildman–Crippen MR) is 112 cm³/mol. The lowest BCUT2D eigenvalue weighted by molar-refractivity contribution is -0.117. The van der Waals surface area contributed by atoms with E-state index in [4.69, 9.17) is 4.74 Å². The van der Waals surface area contributed by atoms with Gasteiger partial charge in [-0.2, -0.15) is 4.80 Å². The van der Waals surface area contributed by atoms with Crippen LogP contribution in [-0.4, -0.2) is 26.1 Å². The third kappa shape index (κ3) is 3.77. The van der Waals surface area contributed by atoms with Crippen LogP contribution in [0.5, 0.6) is 5.75 Å². The summed E-state index contributed by atoms with van der Waals surface area (Å²) in [6.45, 7) is 0.173. The number of rotatable bonds is 6. The Morgan fingerprint density at radius 1 is 0.967 bits per heavy atom. The Morgan fingerprint density at radius 2 is 1.77 bits per heavy atom.